The quantitative estimate of drug-likeness (QED) is 0.692. The fourth-order valence-electron chi connectivity index (χ4n) is 2.99. The summed E-state index contributed by atoms with van der Waals surface area (Å²) in [4.78, 5) is 16.8. The third-order valence-corrected chi connectivity index (χ3v) is 4.62. The molecule has 2 heterocycles. The molecule has 1 aliphatic rings. The summed E-state index contributed by atoms with van der Waals surface area (Å²) in [7, 11) is 0. The van der Waals surface area contributed by atoms with Gasteiger partial charge in [0, 0.05) is 30.0 Å². The van der Waals surface area contributed by atoms with Gasteiger partial charge < -0.3 is 4.57 Å². The molecule has 0 saturated carbocycles. The Morgan fingerprint density at radius 1 is 1.09 bits per heavy atom. The van der Waals surface area contributed by atoms with Crippen LogP contribution in [0.15, 0.2) is 36.4 Å². The molecule has 3 nitrogen and oxygen atoms in total. The van der Waals surface area contributed by atoms with E-state index < -0.39 is 0 Å². The van der Waals surface area contributed by atoms with Crippen molar-refractivity contribution in [3.05, 3.63) is 63.4 Å². The molecule has 5 heteroatoms. The van der Waals surface area contributed by atoms with E-state index in [0.717, 1.165) is 28.0 Å². The highest BCUT2D eigenvalue weighted by molar-refractivity contribution is 6.35. The lowest BCUT2D eigenvalue weighted by Crippen LogP contribution is -2.16. The molecule has 110 valence electrons. The number of Topliss-reactive ketones (excluding diaryl/α,β-unsaturated/α-hetero) is 1. The minimum Gasteiger partial charge on any atom is -0.327 e. The van der Waals surface area contributed by atoms with Crippen LogP contribution in [-0.2, 0) is 13.0 Å². The largest absolute Gasteiger partial charge is 0.327 e. The van der Waals surface area contributed by atoms with Gasteiger partial charge in [0.15, 0.2) is 5.78 Å². The molecule has 0 atom stereocenters. The molecular formula is C17H12Cl2N2O. The highest BCUT2D eigenvalue weighted by Crippen LogP contribution is 2.32. The van der Waals surface area contributed by atoms with E-state index in [4.69, 9.17) is 23.2 Å². The standard InChI is InChI=1S/C17H12Cl2N2O/c18-11-3-1-10(2-4-11)9-15-20-16-13(19)6-5-12-14(22)7-8-21(15)17(12)16/h1-6H,7-9H2. The normalized spacial score (nSPS) is 13.8. The Balaban J connectivity index is 1.87. The molecule has 0 aliphatic carbocycles. The van der Waals surface area contributed by atoms with E-state index in [1.54, 1.807) is 12.1 Å². The van der Waals surface area contributed by atoms with Crippen molar-refractivity contribution >= 4 is 40.0 Å². The summed E-state index contributed by atoms with van der Waals surface area (Å²) in [5.74, 6) is 1.09. The van der Waals surface area contributed by atoms with E-state index in [1.165, 1.54) is 0 Å². The molecule has 3 aromatic rings. The smallest absolute Gasteiger partial charge is 0.166 e. The van der Waals surface area contributed by atoms with Crippen LogP contribution in [-0.4, -0.2) is 15.3 Å². The number of imidazole rings is 1. The van der Waals surface area contributed by atoms with Gasteiger partial charge in [0.1, 0.15) is 11.3 Å². The van der Waals surface area contributed by atoms with Crippen molar-refractivity contribution in [3.8, 4) is 0 Å². The fourth-order valence-corrected chi connectivity index (χ4v) is 3.31. The van der Waals surface area contributed by atoms with Crippen molar-refractivity contribution in [1.82, 2.24) is 9.55 Å². The minimum atomic E-state index is 0.159. The van der Waals surface area contributed by atoms with Crippen LogP contribution < -0.4 is 0 Å². The Kier molecular flexibility index (Phi) is 3.21. The van der Waals surface area contributed by atoms with Crippen LogP contribution >= 0.6 is 23.2 Å². The fraction of sp³-hybridized carbons (Fsp3) is 0.176. The summed E-state index contributed by atoms with van der Waals surface area (Å²) in [5, 5.41) is 1.30. The number of aryl methyl sites for hydroxylation is 1. The van der Waals surface area contributed by atoms with Gasteiger partial charge in [-0.3, -0.25) is 4.79 Å². The first-order valence-corrected chi connectivity index (χ1v) is 7.84. The molecule has 2 aromatic carbocycles. The predicted octanol–water partition coefficient (Wildman–Crippen LogP) is 4.52. The zero-order valence-electron chi connectivity index (χ0n) is 11.6. The Morgan fingerprint density at radius 2 is 1.86 bits per heavy atom. The number of carbonyl (C=O) groups is 1. The van der Waals surface area contributed by atoms with Gasteiger partial charge >= 0.3 is 0 Å². The van der Waals surface area contributed by atoms with Crippen LogP contribution in [0.2, 0.25) is 10.0 Å². The van der Waals surface area contributed by atoms with E-state index >= 15 is 0 Å². The van der Waals surface area contributed by atoms with Crippen molar-refractivity contribution < 1.29 is 4.79 Å². The van der Waals surface area contributed by atoms with E-state index in [2.05, 4.69) is 9.55 Å². The molecule has 0 spiro atoms. The van der Waals surface area contributed by atoms with Crippen LogP contribution in [0.4, 0.5) is 0 Å². The SMILES string of the molecule is O=C1CCn2c(Cc3ccc(Cl)cc3)nc3c(Cl)ccc1c32. The molecule has 0 N–H and O–H groups in total. The summed E-state index contributed by atoms with van der Waals surface area (Å²) in [6.07, 6.45) is 1.20. The minimum absolute atomic E-state index is 0.159. The number of ketones is 1. The highest BCUT2D eigenvalue weighted by Gasteiger charge is 2.24. The van der Waals surface area contributed by atoms with Gasteiger partial charge in [-0.1, -0.05) is 35.3 Å². The van der Waals surface area contributed by atoms with Crippen LogP contribution in [0.25, 0.3) is 11.0 Å². The first kappa shape index (κ1) is 13.8. The zero-order valence-corrected chi connectivity index (χ0v) is 13.2. The van der Waals surface area contributed by atoms with E-state index in [-0.39, 0.29) is 5.78 Å². The van der Waals surface area contributed by atoms with Gasteiger partial charge in [-0.2, -0.15) is 0 Å². The summed E-state index contributed by atoms with van der Waals surface area (Å²) >= 11 is 12.2. The maximum atomic E-state index is 12.1. The third-order valence-electron chi connectivity index (χ3n) is 4.06. The van der Waals surface area contributed by atoms with E-state index in [1.807, 2.05) is 24.3 Å². The van der Waals surface area contributed by atoms with Crippen LogP contribution in [0, 0.1) is 0 Å². The van der Waals surface area contributed by atoms with Gasteiger partial charge in [-0.25, -0.2) is 4.98 Å². The number of carbonyl (C=O) groups excluding carboxylic acids is 1. The summed E-state index contributed by atoms with van der Waals surface area (Å²) in [6, 6.07) is 11.3. The van der Waals surface area contributed by atoms with Gasteiger partial charge in [0.25, 0.3) is 0 Å². The average molecular weight is 331 g/mol. The van der Waals surface area contributed by atoms with Crippen molar-refractivity contribution in [2.45, 2.75) is 19.4 Å². The first-order valence-electron chi connectivity index (χ1n) is 7.09. The second-order valence-electron chi connectivity index (χ2n) is 5.45. The zero-order chi connectivity index (χ0) is 15.3. The summed E-state index contributed by atoms with van der Waals surface area (Å²) in [6.45, 7) is 0.658. The van der Waals surface area contributed by atoms with E-state index in [0.29, 0.717) is 29.4 Å². The van der Waals surface area contributed by atoms with Crippen molar-refractivity contribution in [2.24, 2.45) is 0 Å². The highest BCUT2D eigenvalue weighted by atomic mass is 35.5. The molecule has 0 fully saturated rings. The average Bonchev–Trinajstić information content (AvgIpc) is 2.87. The summed E-state index contributed by atoms with van der Waals surface area (Å²) in [5.41, 5.74) is 3.44. The number of nitrogens with zero attached hydrogens (tertiary/aromatic N) is 2. The molecule has 0 amide bonds. The van der Waals surface area contributed by atoms with Crippen LogP contribution in [0.3, 0.4) is 0 Å². The lowest BCUT2D eigenvalue weighted by molar-refractivity contribution is 0.0973. The Bertz CT molecular complexity index is 897. The molecule has 0 saturated heterocycles. The predicted molar refractivity (Wildman–Crippen MR) is 87.9 cm³/mol. The Labute approximate surface area is 137 Å². The van der Waals surface area contributed by atoms with Gasteiger partial charge in [0.2, 0.25) is 0 Å². The van der Waals surface area contributed by atoms with Gasteiger partial charge in [0.05, 0.1) is 10.5 Å². The second kappa shape index (κ2) is 5.11. The van der Waals surface area contributed by atoms with Crippen molar-refractivity contribution in [2.75, 3.05) is 0 Å². The Hall–Kier alpha value is -1.84. The van der Waals surface area contributed by atoms with Crippen molar-refractivity contribution in [3.63, 3.8) is 0 Å². The molecular weight excluding hydrogens is 319 g/mol. The number of hydrogen-bond acceptors (Lipinski definition) is 2. The number of benzene rings is 2. The van der Waals surface area contributed by atoms with Gasteiger partial charge in [-0.15, -0.1) is 0 Å². The third kappa shape index (κ3) is 2.13. The van der Waals surface area contributed by atoms with Crippen LogP contribution in [0.1, 0.15) is 28.2 Å². The molecule has 1 aromatic heterocycles. The molecule has 0 bridgehead atoms. The number of halogens is 2. The lowest BCUT2D eigenvalue weighted by atomic mass is 10.0. The van der Waals surface area contributed by atoms with Gasteiger partial charge in [-0.05, 0) is 29.8 Å². The lowest BCUT2D eigenvalue weighted by Gasteiger charge is -2.16. The molecule has 0 unspecified atom stereocenters. The molecule has 1 aliphatic heterocycles. The topological polar surface area (TPSA) is 34.9 Å². The molecule has 0 radical (unpaired) electrons. The van der Waals surface area contributed by atoms with Crippen molar-refractivity contribution in [1.29, 1.82) is 0 Å². The summed E-state index contributed by atoms with van der Waals surface area (Å²) < 4.78 is 2.12. The molecule has 4 rings (SSSR count). The second-order valence-corrected chi connectivity index (χ2v) is 6.29. The van der Waals surface area contributed by atoms with E-state index in [9.17, 15) is 4.79 Å². The van der Waals surface area contributed by atoms with Crippen LogP contribution in [0.5, 0.6) is 0 Å². The Morgan fingerprint density at radius 3 is 2.64 bits per heavy atom. The number of aromatic nitrogens is 2. The maximum absolute atomic E-state index is 12.1. The number of rotatable bonds is 2. The monoisotopic (exact) mass is 330 g/mol. The molecule has 22 heavy (non-hydrogen) atoms. The number of hydrogen-bond donors (Lipinski definition) is 0. The maximum Gasteiger partial charge on any atom is 0.166 e. The first-order chi connectivity index (χ1) is 10.6.